The van der Waals surface area contributed by atoms with Crippen molar-refractivity contribution in [1.29, 1.82) is 0 Å². The Morgan fingerprint density at radius 3 is 2.78 bits per heavy atom. The molecule has 5 rings (SSSR count). The molecule has 27 heavy (non-hydrogen) atoms. The van der Waals surface area contributed by atoms with Crippen LogP contribution in [0.3, 0.4) is 0 Å². The van der Waals surface area contributed by atoms with Gasteiger partial charge in [-0.15, -0.1) is 0 Å². The summed E-state index contributed by atoms with van der Waals surface area (Å²) in [6, 6.07) is 10.4. The summed E-state index contributed by atoms with van der Waals surface area (Å²) in [7, 11) is 0. The van der Waals surface area contributed by atoms with Crippen LogP contribution in [0.1, 0.15) is 44.8 Å². The van der Waals surface area contributed by atoms with Crippen LogP contribution in [-0.2, 0) is 12.8 Å². The lowest BCUT2D eigenvalue weighted by atomic mass is 9.87. The summed E-state index contributed by atoms with van der Waals surface area (Å²) in [5, 5.41) is 2.33. The molecule has 2 aromatic carbocycles. The monoisotopic (exact) mass is 377 g/mol. The predicted octanol–water partition coefficient (Wildman–Crippen LogP) is 3.53. The number of piperidine rings is 1. The minimum atomic E-state index is -0.159. The van der Waals surface area contributed by atoms with Crippen molar-refractivity contribution < 1.29 is 9.59 Å². The van der Waals surface area contributed by atoms with Gasteiger partial charge in [0.05, 0.1) is 17.9 Å². The van der Waals surface area contributed by atoms with Crippen LogP contribution in [0.25, 0.3) is 10.8 Å². The normalized spacial score (nSPS) is 18.8. The van der Waals surface area contributed by atoms with Crippen LogP contribution in [0, 0.1) is 5.92 Å². The third kappa shape index (κ3) is 2.75. The van der Waals surface area contributed by atoms with E-state index in [-0.39, 0.29) is 17.6 Å². The van der Waals surface area contributed by atoms with E-state index in [0.29, 0.717) is 18.8 Å². The van der Waals surface area contributed by atoms with Gasteiger partial charge in [-0.25, -0.2) is 0 Å². The van der Waals surface area contributed by atoms with E-state index in [9.17, 15) is 9.59 Å². The highest BCUT2D eigenvalue weighted by atomic mass is 32.1. The van der Waals surface area contributed by atoms with Gasteiger partial charge in [-0.1, -0.05) is 30.3 Å². The fourth-order valence-corrected chi connectivity index (χ4v) is 4.89. The van der Waals surface area contributed by atoms with E-state index in [1.807, 2.05) is 6.07 Å². The smallest absolute Gasteiger partial charge is 0.275 e. The van der Waals surface area contributed by atoms with Crippen molar-refractivity contribution in [2.45, 2.75) is 25.7 Å². The number of nitrogens with zero attached hydrogens (tertiary/aromatic N) is 3. The van der Waals surface area contributed by atoms with Crippen molar-refractivity contribution in [2.24, 2.45) is 5.92 Å². The molecule has 0 N–H and O–H groups in total. The zero-order valence-corrected chi connectivity index (χ0v) is 15.7. The molecule has 5 nitrogen and oxygen atoms in total. The van der Waals surface area contributed by atoms with E-state index in [0.717, 1.165) is 48.4 Å². The molecule has 0 radical (unpaired) electrons. The zero-order chi connectivity index (χ0) is 18.4. The standard InChI is InChI=1S/C21H19N3O2S/c25-20(15-4-2-10-24(12-15)21(26)18-11-22-27-23-18)17-9-8-14-7-6-13-3-1-5-16(17)19(13)14/h1,3,5,8-9,11,15H,2,4,6-7,10,12H2/t15-/m0/s1. The Labute approximate surface area is 161 Å². The molecule has 1 saturated heterocycles. The quantitative estimate of drug-likeness (QED) is 0.655. The number of ketones is 1. The predicted molar refractivity (Wildman–Crippen MR) is 104 cm³/mol. The average Bonchev–Trinajstić information content (AvgIpc) is 3.39. The first-order chi connectivity index (χ1) is 13.2. The number of aryl methyl sites for hydroxylation is 2. The third-order valence-electron chi connectivity index (χ3n) is 5.80. The molecule has 0 bridgehead atoms. The molecule has 2 heterocycles. The number of Topliss-reactive ketones (excluding diaryl/α,β-unsaturated/α-hetero) is 1. The van der Waals surface area contributed by atoms with Crippen molar-refractivity contribution >= 4 is 34.2 Å². The van der Waals surface area contributed by atoms with Gasteiger partial charge in [0.15, 0.2) is 11.5 Å². The highest BCUT2D eigenvalue weighted by Gasteiger charge is 2.31. The van der Waals surface area contributed by atoms with Crippen LogP contribution in [0.15, 0.2) is 36.5 Å². The first-order valence-electron chi connectivity index (χ1n) is 9.37. The van der Waals surface area contributed by atoms with Gasteiger partial charge in [0.25, 0.3) is 5.91 Å². The van der Waals surface area contributed by atoms with Crippen molar-refractivity contribution in [3.05, 3.63) is 58.9 Å². The summed E-state index contributed by atoms with van der Waals surface area (Å²) in [6.07, 6.45) is 5.26. The van der Waals surface area contributed by atoms with Crippen molar-refractivity contribution in [1.82, 2.24) is 13.6 Å². The van der Waals surface area contributed by atoms with Gasteiger partial charge in [-0.2, -0.15) is 8.75 Å². The number of hydrogen-bond donors (Lipinski definition) is 0. The molecular weight excluding hydrogens is 358 g/mol. The summed E-state index contributed by atoms with van der Waals surface area (Å²) in [4.78, 5) is 27.7. The van der Waals surface area contributed by atoms with Crippen molar-refractivity contribution in [2.75, 3.05) is 13.1 Å². The number of amides is 1. The molecule has 0 unspecified atom stereocenters. The molecule has 2 aliphatic rings. The van der Waals surface area contributed by atoms with Crippen LogP contribution < -0.4 is 0 Å². The Morgan fingerprint density at radius 2 is 1.96 bits per heavy atom. The number of aromatic nitrogens is 2. The van der Waals surface area contributed by atoms with Crippen LogP contribution in [0.5, 0.6) is 0 Å². The topological polar surface area (TPSA) is 63.2 Å². The number of carbonyl (C=O) groups is 2. The lowest BCUT2D eigenvalue weighted by Gasteiger charge is -2.31. The second-order valence-corrected chi connectivity index (χ2v) is 7.92. The zero-order valence-electron chi connectivity index (χ0n) is 14.9. The van der Waals surface area contributed by atoms with Gasteiger partial charge in [-0.3, -0.25) is 9.59 Å². The summed E-state index contributed by atoms with van der Waals surface area (Å²) in [5.74, 6) is -0.131. The second-order valence-electron chi connectivity index (χ2n) is 7.36. The maximum absolute atomic E-state index is 13.3. The molecule has 1 fully saturated rings. The van der Waals surface area contributed by atoms with E-state index in [4.69, 9.17) is 0 Å². The van der Waals surface area contributed by atoms with Gasteiger partial charge >= 0.3 is 0 Å². The van der Waals surface area contributed by atoms with E-state index in [1.54, 1.807) is 4.90 Å². The van der Waals surface area contributed by atoms with E-state index in [1.165, 1.54) is 22.7 Å². The minimum absolute atomic E-state index is 0.123. The van der Waals surface area contributed by atoms with E-state index < -0.39 is 0 Å². The molecule has 0 saturated carbocycles. The van der Waals surface area contributed by atoms with E-state index in [2.05, 4.69) is 33.0 Å². The molecular formula is C21H19N3O2S. The number of likely N-dealkylation sites (tertiary alicyclic amines) is 1. The molecule has 6 heteroatoms. The number of carbonyl (C=O) groups excluding carboxylic acids is 2. The fraction of sp³-hybridized carbons (Fsp3) is 0.333. The number of hydrogen-bond acceptors (Lipinski definition) is 5. The SMILES string of the molecule is O=C(c1ccc2c3c(cccc13)CC2)[C@H]1CCCN(C(=O)c2cnsn2)C1. The molecule has 1 atom stereocenters. The molecule has 1 aliphatic heterocycles. The maximum Gasteiger partial charge on any atom is 0.275 e. The molecule has 1 aliphatic carbocycles. The second kappa shape index (κ2) is 6.53. The van der Waals surface area contributed by atoms with Crippen LogP contribution in [0.2, 0.25) is 0 Å². The Hall–Kier alpha value is -2.60. The summed E-state index contributed by atoms with van der Waals surface area (Å²) < 4.78 is 7.95. The first kappa shape index (κ1) is 16.6. The van der Waals surface area contributed by atoms with Gasteiger partial charge in [0, 0.05) is 24.6 Å². The summed E-state index contributed by atoms with van der Waals surface area (Å²) >= 11 is 1.03. The lowest BCUT2D eigenvalue weighted by molar-refractivity contribution is 0.0633. The fourth-order valence-electron chi connectivity index (χ4n) is 4.48. The van der Waals surface area contributed by atoms with Gasteiger partial charge in [0.1, 0.15) is 0 Å². The first-order valence-corrected chi connectivity index (χ1v) is 10.1. The van der Waals surface area contributed by atoms with Gasteiger partial charge in [-0.05, 0) is 47.6 Å². The lowest BCUT2D eigenvalue weighted by Crippen LogP contribution is -2.42. The summed E-state index contributed by atoms with van der Waals surface area (Å²) in [6.45, 7) is 1.13. The molecule has 136 valence electrons. The Kier molecular flexibility index (Phi) is 4.01. The van der Waals surface area contributed by atoms with E-state index >= 15 is 0 Å². The van der Waals surface area contributed by atoms with Crippen LogP contribution >= 0.6 is 11.7 Å². The minimum Gasteiger partial charge on any atom is -0.336 e. The third-order valence-corrected chi connectivity index (χ3v) is 6.28. The number of benzene rings is 2. The molecule has 3 aromatic rings. The molecule has 1 aromatic heterocycles. The highest BCUT2D eigenvalue weighted by molar-refractivity contribution is 6.99. The molecule has 0 spiro atoms. The Balaban J connectivity index is 1.45. The van der Waals surface area contributed by atoms with Crippen molar-refractivity contribution in [3.63, 3.8) is 0 Å². The van der Waals surface area contributed by atoms with Crippen molar-refractivity contribution in [3.8, 4) is 0 Å². The highest BCUT2D eigenvalue weighted by Crippen LogP contribution is 2.34. The summed E-state index contributed by atoms with van der Waals surface area (Å²) in [5.41, 5.74) is 3.85. The Morgan fingerprint density at radius 1 is 1.11 bits per heavy atom. The Bertz CT molecular complexity index is 1030. The van der Waals surface area contributed by atoms with Crippen LogP contribution in [-0.4, -0.2) is 38.4 Å². The largest absolute Gasteiger partial charge is 0.336 e. The van der Waals surface area contributed by atoms with Gasteiger partial charge in [0.2, 0.25) is 0 Å². The van der Waals surface area contributed by atoms with Gasteiger partial charge < -0.3 is 4.90 Å². The molecule has 1 amide bonds. The average molecular weight is 377 g/mol. The number of rotatable bonds is 3. The van der Waals surface area contributed by atoms with Crippen LogP contribution in [0.4, 0.5) is 0 Å². The maximum atomic E-state index is 13.3.